The van der Waals surface area contributed by atoms with Gasteiger partial charge < -0.3 is 5.73 Å². The van der Waals surface area contributed by atoms with Crippen molar-refractivity contribution in [3.63, 3.8) is 0 Å². The summed E-state index contributed by atoms with van der Waals surface area (Å²) < 4.78 is 0. The average Bonchev–Trinajstić information content (AvgIpc) is 2.97. The number of benzene rings is 2. The molecule has 0 radical (unpaired) electrons. The molecule has 0 saturated carbocycles. The molecule has 98 valence electrons. The maximum Gasteiger partial charge on any atom is 0.181 e. The maximum absolute atomic E-state index is 5.65. The Bertz CT molecular complexity index is 712. The van der Waals surface area contributed by atoms with E-state index in [0.29, 0.717) is 5.82 Å². The van der Waals surface area contributed by atoms with Crippen LogP contribution in [0.15, 0.2) is 54.6 Å². The Hall–Kier alpha value is -2.88. The lowest BCUT2D eigenvalue weighted by molar-refractivity contribution is 1.08. The van der Waals surface area contributed by atoms with E-state index in [1.807, 2.05) is 66.7 Å². The molecular weight excluding hydrogens is 248 g/mol. The molecule has 0 fully saturated rings. The fraction of sp³-hybridized carbons (Fsp3) is 0. The zero-order chi connectivity index (χ0) is 13.8. The number of nitrogen functional groups attached to an aromatic ring is 1. The summed E-state index contributed by atoms with van der Waals surface area (Å²) in [7, 11) is 0. The second kappa shape index (κ2) is 5.40. The minimum atomic E-state index is 0.697. The lowest BCUT2D eigenvalue weighted by Crippen LogP contribution is -1.82. The number of nitrogens with one attached hydrogen (secondary N) is 1. The minimum absolute atomic E-state index is 0.697. The van der Waals surface area contributed by atoms with E-state index in [2.05, 4.69) is 15.2 Å². The standard InChI is InChI=1S/C16H14N4/c17-14-9-6-12(7-10-14)8-11-15-18-16(20-19-15)13-4-2-1-3-5-13/h1-11H,17H2,(H,18,19,20)/b11-8+. The van der Waals surface area contributed by atoms with Gasteiger partial charge in [-0.1, -0.05) is 48.5 Å². The first-order valence-corrected chi connectivity index (χ1v) is 6.33. The molecule has 20 heavy (non-hydrogen) atoms. The van der Waals surface area contributed by atoms with Crippen molar-refractivity contribution >= 4 is 17.8 Å². The molecule has 0 aliphatic rings. The van der Waals surface area contributed by atoms with Crippen LogP contribution < -0.4 is 5.73 Å². The van der Waals surface area contributed by atoms with Crippen LogP contribution in [0.3, 0.4) is 0 Å². The summed E-state index contributed by atoms with van der Waals surface area (Å²) in [5.74, 6) is 1.42. The molecule has 1 heterocycles. The number of anilines is 1. The van der Waals surface area contributed by atoms with Crippen molar-refractivity contribution in [1.82, 2.24) is 15.2 Å². The van der Waals surface area contributed by atoms with E-state index in [-0.39, 0.29) is 0 Å². The number of nitrogens with zero attached hydrogens (tertiary/aromatic N) is 2. The summed E-state index contributed by atoms with van der Waals surface area (Å²) >= 11 is 0. The minimum Gasteiger partial charge on any atom is -0.399 e. The van der Waals surface area contributed by atoms with Crippen molar-refractivity contribution in [1.29, 1.82) is 0 Å². The van der Waals surface area contributed by atoms with Gasteiger partial charge in [-0.3, -0.25) is 5.10 Å². The zero-order valence-electron chi connectivity index (χ0n) is 10.8. The molecule has 0 unspecified atom stereocenters. The molecule has 4 heteroatoms. The molecular formula is C16H14N4. The zero-order valence-corrected chi connectivity index (χ0v) is 10.8. The van der Waals surface area contributed by atoms with Gasteiger partial charge in [0.15, 0.2) is 5.82 Å². The molecule has 0 saturated heterocycles. The third kappa shape index (κ3) is 2.75. The van der Waals surface area contributed by atoms with Crippen molar-refractivity contribution in [3.05, 3.63) is 66.0 Å². The Morgan fingerprint density at radius 1 is 0.900 bits per heavy atom. The normalized spacial score (nSPS) is 11.0. The van der Waals surface area contributed by atoms with Crippen molar-refractivity contribution in [2.24, 2.45) is 0 Å². The van der Waals surface area contributed by atoms with Gasteiger partial charge in [0.05, 0.1) is 0 Å². The number of H-pyrrole nitrogens is 1. The Labute approximate surface area is 117 Å². The third-order valence-electron chi connectivity index (χ3n) is 2.90. The number of aromatic amines is 1. The molecule has 0 aliphatic heterocycles. The lowest BCUT2D eigenvalue weighted by atomic mass is 10.2. The first-order chi connectivity index (χ1) is 9.81. The van der Waals surface area contributed by atoms with E-state index in [4.69, 9.17) is 5.73 Å². The summed E-state index contributed by atoms with van der Waals surface area (Å²) in [6.07, 6.45) is 3.86. The van der Waals surface area contributed by atoms with Crippen molar-refractivity contribution in [3.8, 4) is 11.4 Å². The summed E-state index contributed by atoms with van der Waals surface area (Å²) in [6, 6.07) is 17.5. The predicted molar refractivity (Wildman–Crippen MR) is 81.6 cm³/mol. The van der Waals surface area contributed by atoms with Gasteiger partial charge in [-0.15, -0.1) is 0 Å². The van der Waals surface area contributed by atoms with Crippen LogP contribution >= 0.6 is 0 Å². The fourth-order valence-electron chi connectivity index (χ4n) is 1.85. The number of nitrogens with two attached hydrogens (primary N) is 1. The Kier molecular flexibility index (Phi) is 3.29. The van der Waals surface area contributed by atoms with Crippen molar-refractivity contribution in [2.45, 2.75) is 0 Å². The molecule has 2 aromatic carbocycles. The van der Waals surface area contributed by atoms with Crippen LogP contribution in [0.25, 0.3) is 23.5 Å². The largest absolute Gasteiger partial charge is 0.399 e. The highest BCUT2D eigenvalue weighted by Gasteiger charge is 2.02. The van der Waals surface area contributed by atoms with Crippen molar-refractivity contribution in [2.75, 3.05) is 5.73 Å². The van der Waals surface area contributed by atoms with Gasteiger partial charge in [0.25, 0.3) is 0 Å². The SMILES string of the molecule is Nc1ccc(/C=C/c2nc(-c3ccccc3)n[nH]2)cc1. The van der Waals surface area contributed by atoms with Crippen LogP contribution in [0.4, 0.5) is 5.69 Å². The summed E-state index contributed by atoms with van der Waals surface area (Å²) in [4.78, 5) is 4.43. The van der Waals surface area contributed by atoms with E-state index in [9.17, 15) is 0 Å². The fourth-order valence-corrected chi connectivity index (χ4v) is 1.85. The van der Waals surface area contributed by atoms with Gasteiger partial charge in [0.2, 0.25) is 0 Å². The molecule has 4 nitrogen and oxygen atoms in total. The Morgan fingerprint density at radius 3 is 2.40 bits per heavy atom. The average molecular weight is 262 g/mol. The number of aromatic nitrogens is 3. The topological polar surface area (TPSA) is 67.6 Å². The molecule has 3 rings (SSSR count). The molecule has 0 atom stereocenters. The van der Waals surface area contributed by atoms with Gasteiger partial charge in [-0.05, 0) is 23.8 Å². The van der Waals surface area contributed by atoms with Crippen LogP contribution in [-0.4, -0.2) is 15.2 Å². The first-order valence-electron chi connectivity index (χ1n) is 6.33. The first kappa shape index (κ1) is 12.2. The van der Waals surface area contributed by atoms with E-state index in [1.54, 1.807) is 0 Å². The van der Waals surface area contributed by atoms with Gasteiger partial charge >= 0.3 is 0 Å². The van der Waals surface area contributed by atoms with Gasteiger partial charge in [0.1, 0.15) is 5.82 Å². The summed E-state index contributed by atoms with van der Waals surface area (Å²) in [6.45, 7) is 0. The highest BCUT2D eigenvalue weighted by molar-refractivity contribution is 5.68. The lowest BCUT2D eigenvalue weighted by Gasteiger charge is -1.93. The van der Waals surface area contributed by atoms with Crippen molar-refractivity contribution < 1.29 is 0 Å². The second-order valence-corrected chi connectivity index (χ2v) is 4.41. The van der Waals surface area contributed by atoms with Gasteiger partial charge in [-0.2, -0.15) is 5.10 Å². The molecule has 0 spiro atoms. The molecule has 0 aliphatic carbocycles. The van der Waals surface area contributed by atoms with Crippen LogP contribution in [0.1, 0.15) is 11.4 Å². The van der Waals surface area contributed by atoms with Crippen LogP contribution in [0.2, 0.25) is 0 Å². The second-order valence-electron chi connectivity index (χ2n) is 4.41. The quantitative estimate of drug-likeness (QED) is 0.712. The highest BCUT2D eigenvalue weighted by Crippen LogP contribution is 2.14. The number of hydrogen-bond acceptors (Lipinski definition) is 3. The van der Waals surface area contributed by atoms with Crippen LogP contribution in [-0.2, 0) is 0 Å². The molecule has 0 bridgehead atoms. The monoisotopic (exact) mass is 262 g/mol. The molecule has 1 aromatic heterocycles. The molecule has 3 N–H and O–H groups in total. The number of rotatable bonds is 3. The van der Waals surface area contributed by atoms with E-state index in [0.717, 1.165) is 22.6 Å². The Balaban J connectivity index is 1.79. The highest BCUT2D eigenvalue weighted by atomic mass is 15.2. The molecule has 3 aromatic rings. The predicted octanol–water partition coefficient (Wildman–Crippen LogP) is 3.22. The van der Waals surface area contributed by atoms with Gasteiger partial charge in [-0.25, -0.2) is 4.98 Å². The molecule has 0 amide bonds. The van der Waals surface area contributed by atoms with E-state index >= 15 is 0 Å². The van der Waals surface area contributed by atoms with Crippen LogP contribution in [0.5, 0.6) is 0 Å². The third-order valence-corrected chi connectivity index (χ3v) is 2.90. The van der Waals surface area contributed by atoms with Gasteiger partial charge in [0, 0.05) is 11.3 Å². The maximum atomic E-state index is 5.65. The van der Waals surface area contributed by atoms with E-state index in [1.165, 1.54) is 0 Å². The van der Waals surface area contributed by atoms with E-state index < -0.39 is 0 Å². The summed E-state index contributed by atoms with van der Waals surface area (Å²) in [5, 5.41) is 7.12. The van der Waals surface area contributed by atoms with Crippen LogP contribution in [0, 0.1) is 0 Å². The number of hydrogen-bond donors (Lipinski definition) is 2. The smallest absolute Gasteiger partial charge is 0.181 e. The summed E-state index contributed by atoms with van der Waals surface area (Å²) in [5.41, 5.74) is 8.47. The Morgan fingerprint density at radius 2 is 1.65 bits per heavy atom.